The summed E-state index contributed by atoms with van der Waals surface area (Å²) in [5, 5.41) is 0. The number of likely N-dealkylation sites (tertiary alicyclic amines) is 1. The Hall–Kier alpha value is -0.610. The van der Waals surface area contributed by atoms with Crippen molar-refractivity contribution < 1.29 is 4.79 Å². The van der Waals surface area contributed by atoms with Crippen molar-refractivity contribution in [2.45, 2.75) is 31.8 Å². The highest BCUT2D eigenvalue weighted by Crippen LogP contribution is 2.15. The molecule has 4 heteroatoms. The summed E-state index contributed by atoms with van der Waals surface area (Å²) in [6.07, 6.45) is 2.37. The first-order valence-corrected chi connectivity index (χ1v) is 5.22. The molecule has 0 aromatic rings. The number of nitrogens with two attached hydrogens (primary N) is 1. The molecule has 0 aliphatic carbocycles. The number of likely N-dealkylation sites (N-methyl/N-ethyl adjacent to an activating group) is 1. The fraction of sp³-hybridized carbons (Fsp3) is 0.900. The van der Waals surface area contributed by atoms with Gasteiger partial charge in [0, 0.05) is 12.6 Å². The quantitative estimate of drug-likeness (QED) is 0.690. The molecular formula is C10H21N3O. The van der Waals surface area contributed by atoms with E-state index in [1.54, 1.807) is 0 Å². The Balaban J connectivity index is 2.51. The van der Waals surface area contributed by atoms with E-state index in [9.17, 15) is 4.79 Å². The predicted molar refractivity (Wildman–Crippen MR) is 56.9 cm³/mol. The van der Waals surface area contributed by atoms with Crippen LogP contribution in [-0.2, 0) is 4.79 Å². The highest BCUT2D eigenvalue weighted by Gasteiger charge is 2.26. The van der Waals surface area contributed by atoms with Crippen LogP contribution in [0.15, 0.2) is 0 Å². The van der Waals surface area contributed by atoms with Gasteiger partial charge in [0.1, 0.15) is 0 Å². The molecule has 82 valence electrons. The standard InChI is InChI=1S/C10H21N3O/c1-8(10(11)14)13-6-4-5-9(7-13)12(2)3/h8-9H,4-7H2,1-3H3,(H2,11,14). The molecule has 2 atom stereocenters. The van der Waals surface area contributed by atoms with Gasteiger partial charge in [-0.2, -0.15) is 0 Å². The normalized spacial score (nSPS) is 26.4. The molecule has 2 N–H and O–H groups in total. The molecule has 0 bridgehead atoms. The number of carbonyl (C=O) groups is 1. The first-order chi connectivity index (χ1) is 6.52. The number of hydrogen-bond donors (Lipinski definition) is 1. The van der Waals surface area contributed by atoms with Gasteiger partial charge in [-0.15, -0.1) is 0 Å². The molecule has 4 nitrogen and oxygen atoms in total. The topological polar surface area (TPSA) is 49.6 Å². The minimum absolute atomic E-state index is 0.127. The van der Waals surface area contributed by atoms with Gasteiger partial charge in [0.25, 0.3) is 0 Å². The van der Waals surface area contributed by atoms with Gasteiger partial charge in [0.15, 0.2) is 0 Å². The Bertz CT molecular complexity index is 206. The largest absolute Gasteiger partial charge is 0.368 e. The second-order valence-corrected chi connectivity index (χ2v) is 4.33. The Morgan fingerprint density at radius 2 is 2.21 bits per heavy atom. The minimum atomic E-state index is -0.218. The molecule has 1 rings (SSSR count). The van der Waals surface area contributed by atoms with Crippen molar-refractivity contribution in [2.24, 2.45) is 5.73 Å². The van der Waals surface area contributed by atoms with Crippen LogP contribution in [0, 0.1) is 0 Å². The van der Waals surface area contributed by atoms with Crippen molar-refractivity contribution in [1.82, 2.24) is 9.80 Å². The first-order valence-electron chi connectivity index (χ1n) is 5.22. The molecular weight excluding hydrogens is 178 g/mol. The molecule has 0 aromatic carbocycles. The van der Waals surface area contributed by atoms with E-state index in [2.05, 4.69) is 23.9 Å². The van der Waals surface area contributed by atoms with Crippen LogP contribution in [0.1, 0.15) is 19.8 Å². The number of primary amides is 1. The van der Waals surface area contributed by atoms with E-state index in [0.29, 0.717) is 6.04 Å². The summed E-state index contributed by atoms with van der Waals surface area (Å²) in [5.74, 6) is -0.218. The lowest BCUT2D eigenvalue weighted by Crippen LogP contribution is -2.52. The lowest BCUT2D eigenvalue weighted by molar-refractivity contribution is -0.123. The zero-order valence-corrected chi connectivity index (χ0v) is 9.36. The summed E-state index contributed by atoms with van der Waals surface area (Å²) >= 11 is 0. The highest BCUT2D eigenvalue weighted by atomic mass is 16.1. The number of amides is 1. The van der Waals surface area contributed by atoms with Crippen molar-refractivity contribution >= 4 is 5.91 Å². The smallest absolute Gasteiger partial charge is 0.234 e. The SMILES string of the molecule is CC(C(N)=O)N1CCCC(N(C)C)C1. The van der Waals surface area contributed by atoms with Crippen LogP contribution in [0.4, 0.5) is 0 Å². The molecule has 1 aliphatic rings. The molecule has 2 unspecified atom stereocenters. The molecule has 1 aliphatic heterocycles. The summed E-state index contributed by atoms with van der Waals surface area (Å²) in [5.41, 5.74) is 5.29. The van der Waals surface area contributed by atoms with Gasteiger partial charge in [-0.05, 0) is 40.4 Å². The van der Waals surface area contributed by atoms with Crippen LogP contribution in [0.2, 0.25) is 0 Å². The van der Waals surface area contributed by atoms with Crippen molar-refractivity contribution in [3.8, 4) is 0 Å². The van der Waals surface area contributed by atoms with Crippen LogP contribution in [0.25, 0.3) is 0 Å². The van der Waals surface area contributed by atoms with E-state index in [4.69, 9.17) is 5.73 Å². The third-order valence-corrected chi connectivity index (χ3v) is 3.12. The van der Waals surface area contributed by atoms with E-state index in [1.165, 1.54) is 6.42 Å². The summed E-state index contributed by atoms with van der Waals surface area (Å²) in [6.45, 7) is 3.84. The molecule has 0 spiro atoms. The second-order valence-electron chi connectivity index (χ2n) is 4.33. The van der Waals surface area contributed by atoms with Gasteiger partial charge in [0.05, 0.1) is 6.04 Å². The van der Waals surface area contributed by atoms with E-state index < -0.39 is 0 Å². The Morgan fingerprint density at radius 3 is 2.71 bits per heavy atom. The maximum Gasteiger partial charge on any atom is 0.234 e. The first kappa shape index (κ1) is 11.5. The number of piperidine rings is 1. The minimum Gasteiger partial charge on any atom is -0.368 e. The molecule has 0 radical (unpaired) electrons. The highest BCUT2D eigenvalue weighted by molar-refractivity contribution is 5.79. The lowest BCUT2D eigenvalue weighted by atomic mass is 10.0. The predicted octanol–water partition coefficient (Wildman–Crippen LogP) is -0.114. The molecule has 0 aromatic heterocycles. The average Bonchev–Trinajstić information content (AvgIpc) is 2.16. The Morgan fingerprint density at radius 1 is 1.57 bits per heavy atom. The molecule has 1 amide bonds. The summed E-state index contributed by atoms with van der Waals surface area (Å²) in [4.78, 5) is 15.4. The number of carbonyl (C=O) groups excluding carboxylic acids is 1. The lowest BCUT2D eigenvalue weighted by Gasteiger charge is -2.38. The van der Waals surface area contributed by atoms with Crippen LogP contribution >= 0.6 is 0 Å². The molecule has 1 heterocycles. The van der Waals surface area contributed by atoms with Crippen molar-refractivity contribution in [3.63, 3.8) is 0 Å². The molecule has 14 heavy (non-hydrogen) atoms. The molecule has 1 saturated heterocycles. The van der Waals surface area contributed by atoms with E-state index >= 15 is 0 Å². The summed E-state index contributed by atoms with van der Waals surface area (Å²) in [6, 6.07) is 0.434. The third kappa shape index (κ3) is 2.69. The van der Waals surface area contributed by atoms with Gasteiger partial charge >= 0.3 is 0 Å². The van der Waals surface area contributed by atoms with Crippen molar-refractivity contribution in [3.05, 3.63) is 0 Å². The van der Waals surface area contributed by atoms with Gasteiger partial charge in [0.2, 0.25) is 5.91 Å². The molecule has 1 fully saturated rings. The average molecular weight is 199 g/mol. The van der Waals surface area contributed by atoms with Crippen LogP contribution < -0.4 is 5.73 Å². The Kier molecular flexibility index (Phi) is 3.89. The van der Waals surface area contributed by atoms with Gasteiger partial charge in [-0.1, -0.05) is 0 Å². The van der Waals surface area contributed by atoms with E-state index in [0.717, 1.165) is 19.5 Å². The fourth-order valence-electron chi connectivity index (χ4n) is 1.94. The molecule has 0 saturated carbocycles. The van der Waals surface area contributed by atoms with Gasteiger partial charge in [-0.3, -0.25) is 9.69 Å². The van der Waals surface area contributed by atoms with Crippen molar-refractivity contribution in [2.75, 3.05) is 27.2 Å². The fourth-order valence-corrected chi connectivity index (χ4v) is 1.94. The van der Waals surface area contributed by atoms with Crippen LogP contribution in [-0.4, -0.2) is 55.0 Å². The van der Waals surface area contributed by atoms with Gasteiger partial charge in [-0.25, -0.2) is 0 Å². The van der Waals surface area contributed by atoms with Crippen molar-refractivity contribution in [1.29, 1.82) is 0 Å². The Labute approximate surface area is 86.0 Å². The summed E-state index contributed by atoms with van der Waals surface area (Å²) in [7, 11) is 4.17. The monoisotopic (exact) mass is 199 g/mol. The number of hydrogen-bond acceptors (Lipinski definition) is 3. The number of rotatable bonds is 3. The van der Waals surface area contributed by atoms with Gasteiger partial charge < -0.3 is 10.6 Å². The third-order valence-electron chi connectivity index (χ3n) is 3.12. The second kappa shape index (κ2) is 4.75. The summed E-state index contributed by atoms with van der Waals surface area (Å²) < 4.78 is 0. The maximum absolute atomic E-state index is 11.0. The van der Waals surface area contributed by atoms with Crippen LogP contribution in [0.5, 0.6) is 0 Å². The maximum atomic E-state index is 11.0. The zero-order chi connectivity index (χ0) is 10.7. The number of nitrogens with zero attached hydrogens (tertiary/aromatic N) is 2. The zero-order valence-electron chi connectivity index (χ0n) is 9.36. The van der Waals surface area contributed by atoms with E-state index in [1.807, 2.05) is 6.92 Å². The van der Waals surface area contributed by atoms with Crippen LogP contribution in [0.3, 0.4) is 0 Å². The van der Waals surface area contributed by atoms with E-state index in [-0.39, 0.29) is 11.9 Å².